The lowest BCUT2D eigenvalue weighted by molar-refractivity contribution is -0.120. The van der Waals surface area contributed by atoms with E-state index in [9.17, 15) is 9.59 Å². The third-order valence-corrected chi connectivity index (χ3v) is 6.98. The highest BCUT2D eigenvalue weighted by Gasteiger charge is 2.53. The molecule has 0 aromatic carbocycles. The number of hydrogen-bond donors (Lipinski definition) is 1. The Morgan fingerprint density at radius 1 is 1.33 bits per heavy atom. The van der Waals surface area contributed by atoms with Crippen molar-refractivity contribution in [2.75, 3.05) is 25.7 Å². The van der Waals surface area contributed by atoms with Crippen molar-refractivity contribution in [3.8, 4) is 0 Å². The average molecular weight is 392 g/mol. The van der Waals surface area contributed by atoms with Crippen LogP contribution in [0.1, 0.15) is 55.1 Å². The molecule has 4 rings (SSSR count). The summed E-state index contributed by atoms with van der Waals surface area (Å²) in [6, 6.07) is 4.53. The molecule has 0 unspecified atom stereocenters. The lowest BCUT2D eigenvalue weighted by Gasteiger charge is -2.43. The van der Waals surface area contributed by atoms with Crippen LogP contribution in [-0.4, -0.2) is 64.6 Å². The van der Waals surface area contributed by atoms with Crippen molar-refractivity contribution in [1.29, 1.82) is 0 Å². The van der Waals surface area contributed by atoms with E-state index in [1.807, 2.05) is 29.5 Å². The van der Waals surface area contributed by atoms with Crippen LogP contribution in [-0.2, 0) is 9.53 Å². The molecule has 1 aliphatic heterocycles. The Morgan fingerprint density at radius 3 is 2.85 bits per heavy atom. The second kappa shape index (κ2) is 7.51. The second-order valence-corrected chi connectivity index (χ2v) is 8.90. The van der Waals surface area contributed by atoms with Gasteiger partial charge < -0.3 is 19.5 Å². The zero-order chi connectivity index (χ0) is 19.0. The topological polar surface area (TPSA) is 63.6 Å². The lowest BCUT2D eigenvalue weighted by Crippen LogP contribution is -2.56. The second-order valence-electron chi connectivity index (χ2n) is 8.04. The van der Waals surface area contributed by atoms with Crippen LogP contribution < -0.4 is 5.32 Å². The number of aromatic nitrogens is 1. The summed E-state index contributed by atoms with van der Waals surface area (Å²) in [5.41, 5.74) is 0.519. The first-order chi connectivity index (χ1) is 13.1. The van der Waals surface area contributed by atoms with Crippen LogP contribution in [0, 0.1) is 0 Å². The van der Waals surface area contributed by atoms with E-state index in [1.165, 1.54) is 11.8 Å². The van der Waals surface area contributed by atoms with E-state index in [0.29, 0.717) is 11.8 Å². The van der Waals surface area contributed by atoms with Crippen LogP contribution in [0.3, 0.4) is 0 Å². The Hall–Kier alpha value is -1.47. The normalized spacial score (nSPS) is 30.2. The van der Waals surface area contributed by atoms with Gasteiger partial charge in [-0.25, -0.2) is 0 Å². The smallest absolute Gasteiger partial charge is 0.270 e. The van der Waals surface area contributed by atoms with E-state index in [-0.39, 0.29) is 29.5 Å². The van der Waals surface area contributed by atoms with Gasteiger partial charge in [-0.1, -0.05) is 0 Å². The quantitative estimate of drug-likeness (QED) is 0.809. The molecule has 1 N–H and O–H groups in total. The first-order valence-corrected chi connectivity index (χ1v) is 11.3. The fourth-order valence-electron chi connectivity index (χ4n) is 4.86. The molecule has 2 heterocycles. The first-order valence-electron chi connectivity index (χ1n) is 9.89. The summed E-state index contributed by atoms with van der Waals surface area (Å²) in [4.78, 5) is 27.4. The van der Waals surface area contributed by atoms with Gasteiger partial charge in [0.15, 0.2) is 0 Å². The Balaban J connectivity index is 1.52. The molecule has 3 atom stereocenters. The number of likely N-dealkylation sites (tertiary alicyclic amines) is 1. The molecule has 0 spiro atoms. The molecule has 2 aliphatic carbocycles. The molecule has 2 amide bonds. The number of hydrogen-bond acceptors (Lipinski definition) is 4. The number of nitrogens with one attached hydrogen (secondary N) is 1. The Labute approximate surface area is 165 Å². The fourth-order valence-corrected chi connectivity index (χ4v) is 5.21. The third kappa shape index (κ3) is 3.51. The van der Waals surface area contributed by atoms with Crippen molar-refractivity contribution >= 4 is 23.6 Å². The van der Waals surface area contributed by atoms with Gasteiger partial charge in [0.2, 0.25) is 5.91 Å². The van der Waals surface area contributed by atoms with Gasteiger partial charge in [0.05, 0.1) is 17.4 Å². The van der Waals surface area contributed by atoms with Crippen LogP contribution in [0.5, 0.6) is 0 Å². The summed E-state index contributed by atoms with van der Waals surface area (Å²) in [5, 5.41) is 3.15. The molecule has 0 radical (unpaired) electrons. The number of thioether (sulfide) groups is 1. The van der Waals surface area contributed by atoms with E-state index in [1.54, 1.807) is 7.11 Å². The summed E-state index contributed by atoms with van der Waals surface area (Å²) >= 11 is 1.53. The standard InChI is InChI=1S/C20H29N3O3S/c1-26-20-8-7-14(21-18(24)13-27-2)12-17(20)23(11-9-20)19(25)16-4-3-10-22(16)15-5-6-15/h3-4,10,14-15,17H,5-9,11-13H2,1-2H3,(H,21,24)/t14-,17+,20-/m1/s1. The monoisotopic (exact) mass is 391 g/mol. The minimum Gasteiger partial charge on any atom is -0.376 e. The van der Waals surface area contributed by atoms with Crippen molar-refractivity contribution in [3.63, 3.8) is 0 Å². The van der Waals surface area contributed by atoms with E-state index in [0.717, 1.165) is 50.8 Å². The van der Waals surface area contributed by atoms with Crippen LogP contribution in [0.4, 0.5) is 0 Å². The largest absolute Gasteiger partial charge is 0.376 e. The molecule has 2 saturated carbocycles. The van der Waals surface area contributed by atoms with Gasteiger partial charge >= 0.3 is 0 Å². The van der Waals surface area contributed by atoms with E-state index >= 15 is 0 Å². The minimum absolute atomic E-state index is 0.0193. The number of fused-ring (bicyclic) bond motifs is 1. The molecule has 7 heteroatoms. The molecule has 1 aromatic heterocycles. The molecule has 148 valence electrons. The van der Waals surface area contributed by atoms with E-state index < -0.39 is 0 Å². The number of methoxy groups -OCH3 is 1. The summed E-state index contributed by atoms with van der Waals surface area (Å²) in [6.45, 7) is 0.721. The molecular formula is C20H29N3O3S. The molecule has 3 aliphatic rings. The maximum Gasteiger partial charge on any atom is 0.270 e. The van der Waals surface area contributed by atoms with Gasteiger partial charge in [-0.3, -0.25) is 9.59 Å². The van der Waals surface area contributed by atoms with E-state index in [2.05, 4.69) is 9.88 Å². The minimum atomic E-state index is -0.270. The molecule has 0 bridgehead atoms. The van der Waals surface area contributed by atoms with Crippen molar-refractivity contribution in [2.24, 2.45) is 0 Å². The van der Waals surface area contributed by atoms with Gasteiger partial charge in [0.1, 0.15) is 5.69 Å². The van der Waals surface area contributed by atoms with Crippen LogP contribution in [0.15, 0.2) is 18.3 Å². The van der Waals surface area contributed by atoms with Gasteiger partial charge in [-0.05, 0) is 56.9 Å². The predicted octanol–water partition coefficient (Wildman–Crippen LogP) is 2.45. The highest BCUT2D eigenvalue weighted by molar-refractivity contribution is 7.99. The molecule has 1 saturated heterocycles. The number of ether oxygens (including phenoxy) is 1. The molecular weight excluding hydrogens is 362 g/mol. The maximum absolute atomic E-state index is 13.4. The van der Waals surface area contributed by atoms with Crippen molar-refractivity contribution in [1.82, 2.24) is 14.8 Å². The Bertz CT molecular complexity index is 717. The molecule has 6 nitrogen and oxygen atoms in total. The SMILES string of the molecule is CO[C@@]12CC[C@@H](NC(=O)CSC)C[C@@H]1N(C(=O)c1cccn1C1CC1)CC2. The van der Waals surface area contributed by atoms with Crippen molar-refractivity contribution in [3.05, 3.63) is 24.0 Å². The lowest BCUT2D eigenvalue weighted by atomic mass is 9.78. The molecule has 3 fully saturated rings. The van der Waals surface area contributed by atoms with Crippen molar-refractivity contribution < 1.29 is 14.3 Å². The van der Waals surface area contributed by atoms with E-state index in [4.69, 9.17) is 4.74 Å². The molecule has 1 aromatic rings. The number of rotatable bonds is 6. The zero-order valence-electron chi connectivity index (χ0n) is 16.1. The summed E-state index contributed by atoms with van der Waals surface area (Å²) in [6.07, 6.45) is 9.70. The van der Waals surface area contributed by atoms with Crippen LogP contribution in [0.25, 0.3) is 0 Å². The summed E-state index contributed by atoms with van der Waals surface area (Å²) < 4.78 is 8.11. The number of carbonyl (C=O) groups excluding carboxylic acids is 2. The van der Waals surface area contributed by atoms with Gasteiger partial charge in [-0.15, -0.1) is 0 Å². The predicted molar refractivity (Wildman–Crippen MR) is 106 cm³/mol. The molecule has 27 heavy (non-hydrogen) atoms. The average Bonchev–Trinajstić information content (AvgIpc) is 3.26. The fraction of sp³-hybridized carbons (Fsp3) is 0.700. The Morgan fingerprint density at radius 2 is 2.15 bits per heavy atom. The highest BCUT2D eigenvalue weighted by atomic mass is 32.2. The Kier molecular flexibility index (Phi) is 5.25. The third-order valence-electron chi connectivity index (χ3n) is 6.43. The first kappa shape index (κ1) is 18.9. The van der Waals surface area contributed by atoms with Crippen LogP contribution in [0.2, 0.25) is 0 Å². The van der Waals surface area contributed by atoms with Gasteiger partial charge in [-0.2, -0.15) is 11.8 Å². The number of carbonyl (C=O) groups is 2. The van der Waals surface area contributed by atoms with Crippen LogP contribution >= 0.6 is 11.8 Å². The highest BCUT2D eigenvalue weighted by Crippen LogP contribution is 2.43. The van der Waals surface area contributed by atoms with Crippen molar-refractivity contribution in [2.45, 2.75) is 62.3 Å². The van der Waals surface area contributed by atoms with Gasteiger partial charge in [0, 0.05) is 31.9 Å². The summed E-state index contributed by atoms with van der Waals surface area (Å²) in [7, 11) is 1.76. The summed E-state index contributed by atoms with van der Waals surface area (Å²) in [5.74, 6) is 0.663. The maximum atomic E-state index is 13.4. The number of amides is 2. The zero-order valence-corrected chi connectivity index (χ0v) is 17.0. The number of nitrogens with zero attached hydrogens (tertiary/aromatic N) is 2. The van der Waals surface area contributed by atoms with Gasteiger partial charge in [0.25, 0.3) is 5.91 Å².